The number of fused-ring (bicyclic) bond motifs is 2. The summed E-state index contributed by atoms with van der Waals surface area (Å²) in [5.41, 5.74) is 5.69. The van der Waals surface area contributed by atoms with Crippen molar-refractivity contribution in [3.63, 3.8) is 0 Å². The SMILES string of the molecule is CC(=O)N1CCc2cc(N(Cc3ccc(Cl)cc3)S(=O)(=O)c3cn(C)c(-c4ccc5c(c4)CC(C(=O)NCc4ccc(Cl)cc4)N5C(=O)CC#N)n3)ccc2C1. The van der Waals surface area contributed by atoms with Gasteiger partial charge in [0.15, 0.2) is 5.03 Å². The highest BCUT2D eigenvalue weighted by atomic mass is 35.5. The second kappa shape index (κ2) is 15.8. The monoisotopic (exact) mass is 809 g/mol. The summed E-state index contributed by atoms with van der Waals surface area (Å²) in [6.07, 6.45) is 1.83. The fourth-order valence-electron chi connectivity index (χ4n) is 7.15. The average molecular weight is 811 g/mol. The van der Waals surface area contributed by atoms with E-state index in [-0.39, 0.29) is 36.4 Å². The number of nitrogens with zero attached hydrogens (tertiary/aromatic N) is 6. The summed E-state index contributed by atoms with van der Waals surface area (Å²) in [6.45, 7) is 2.77. The van der Waals surface area contributed by atoms with Crippen LogP contribution in [0.5, 0.6) is 0 Å². The van der Waals surface area contributed by atoms with Crippen LogP contribution >= 0.6 is 23.2 Å². The number of rotatable bonds is 10. The number of aryl methyl sites for hydroxylation is 1. The number of hydrogen-bond acceptors (Lipinski definition) is 7. The zero-order chi connectivity index (χ0) is 39.7. The summed E-state index contributed by atoms with van der Waals surface area (Å²) in [4.78, 5) is 46.6. The number of sulfonamides is 1. The van der Waals surface area contributed by atoms with Crippen LogP contribution in [0.3, 0.4) is 0 Å². The van der Waals surface area contributed by atoms with Crippen molar-refractivity contribution in [1.82, 2.24) is 19.8 Å². The Kier molecular flexibility index (Phi) is 10.9. The summed E-state index contributed by atoms with van der Waals surface area (Å²) in [5, 5.41) is 13.2. The molecule has 1 atom stereocenters. The van der Waals surface area contributed by atoms with E-state index in [2.05, 4.69) is 10.3 Å². The first-order chi connectivity index (χ1) is 26.8. The van der Waals surface area contributed by atoms with E-state index in [1.807, 2.05) is 18.2 Å². The predicted molar refractivity (Wildman–Crippen MR) is 213 cm³/mol. The Labute approximate surface area is 334 Å². The molecule has 0 saturated heterocycles. The molecule has 3 amide bonds. The van der Waals surface area contributed by atoms with E-state index in [1.54, 1.807) is 89.3 Å². The van der Waals surface area contributed by atoms with Gasteiger partial charge < -0.3 is 14.8 Å². The van der Waals surface area contributed by atoms with Crippen molar-refractivity contribution < 1.29 is 22.8 Å². The minimum atomic E-state index is -4.25. The van der Waals surface area contributed by atoms with Gasteiger partial charge in [-0.05, 0) is 88.8 Å². The third kappa shape index (κ3) is 7.86. The standard InChI is InChI=1S/C41H37Cl2N7O5S/c1-26(51)48-18-16-29-20-35(13-7-31(29)24-48)49(23-28-5-11-34(43)12-6-28)56(54,55)38-25-47(2)40(46-38)30-8-14-36-32(19-30)21-37(50(36)39(52)15-17-44)41(53)45-22-27-3-9-33(42)10-4-27/h3-14,19-20,25,37H,15-16,18,21-24H2,1-2H3,(H,45,53). The molecular formula is C41H37Cl2N7O5S. The number of carbonyl (C=O) groups excluding carboxylic acids is 3. The molecule has 2 aliphatic rings. The van der Waals surface area contributed by atoms with Gasteiger partial charge in [-0.2, -0.15) is 13.7 Å². The molecule has 56 heavy (non-hydrogen) atoms. The van der Waals surface area contributed by atoms with Crippen LogP contribution in [0.15, 0.2) is 96.2 Å². The fourth-order valence-corrected chi connectivity index (χ4v) is 8.83. The Bertz CT molecular complexity index is 2500. The van der Waals surface area contributed by atoms with Gasteiger partial charge in [0.1, 0.15) is 18.3 Å². The molecule has 3 heterocycles. The van der Waals surface area contributed by atoms with E-state index in [0.29, 0.717) is 57.9 Å². The molecule has 1 aromatic heterocycles. The van der Waals surface area contributed by atoms with Crippen LogP contribution in [0, 0.1) is 11.3 Å². The number of aromatic nitrogens is 2. The molecule has 15 heteroatoms. The van der Waals surface area contributed by atoms with Gasteiger partial charge in [0.25, 0.3) is 10.0 Å². The number of nitrogens with one attached hydrogen (secondary N) is 1. The maximum absolute atomic E-state index is 14.6. The predicted octanol–water partition coefficient (Wildman–Crippen LogP) is 6.18. The zero-order valence-corrected chi connectivity index (χ0v) is 32.9. The smallest absolute Gasteiger partial charge is 0.283 e. The van der Waals surface area contributed by atoms with Gasteiger partial charge in [-0.3, -0.25) is 23.6 Å². The third-order valence-corrected chi connectivity index (χ3v) is 12.2. The summed E-state index contributed by atoms with van der Waals surface area (Å²) in [6, 6.07) is 25.7. The number of halogens is 2. The molecule has 2 aliphatic heterocycles. The molecule has 0 bridgehead atoms. The van der Waals surface area contributed by atoms with Crippen molar-refractivity contribution in [3.05, 3.63) is 129 Å². The van der Waals surface area contributed by atoms with Crippen molar-refractivity contribution in [2.75, 3.05) is 15.7 Å². The molecule has 0 fully saturated rings. The molecule has 0 radical (unpaired) electrons. The maximum atomic E-state index is 14.6. The number of benzene rings is 4. The highest BCUT2D eigenvalue weighted by Crippen LogP contribution is 2.37. The Balaban J connectivity index is 1.19. The first-order valence-electron chi connectivity index (χ1n) is 17.8. The van der Waals surface area contributed by atoms with Crippen LogP contribution in [-0.4, -0.2) is 53.2 Å². The Morgan fingerprint density at radius 1 is 0.929 bits per heavy atom. The van der Waals surface area contributed by atoms with E-state index in [9.17, 15) is 28.1 Å². The Morgan fingerprint density at radius 2 is 1.62 bits per heavy atom. The quantitative estimate of drug-likeness (QED) is 0.177. The van der Waals surface area contributed by atoms with E-state index < -0.39 is 28.4 Å². The highest BCUT2D eigenvalue weighted by Gasteiger charge is 2.39. The topological polar surface area (TPSA) is 149 Å². The molecule has 12 nitrogen and oxygen atoms in total. The van der Waals surface area contributed by atoms with Gasteiger partial charge in [0.05, 0.1) is 18.3 Å². The van der Waals surface area contributed by atoms with E-state index in [0.717, 1.165) is 22.3 Å². The van der Waals surface area contributed by atoms with Gasteiger partial charge in [0.2, 0.25) is 17.7 Å². The second-order valence-electron chi connectivity index (χ2n) is 13.8. The lowest BCUT2D eigenvalue weighted by Gasteiger charge is -2.30. The fraction of sp³-hybridized carbons (Fsp3) is 0.244. The van der Waals surface area contributed by atoms with Crippen LogP contribution in [-0.2, 0) is 63.9 Å². The van der Waals surface area contributed by atoms with Crippen LogP contribution in [0.1, 0.15) is 41.2 Å². The summed E-state index contributed by atoms with van der Waals surface area (Å²) < 4.78 is 32.2. The second-order valence-corrected chi connectivity index (χ2v) is 16.5. The van der Waals surface area contributed by atoms with Crippen molar-refractivity contribution in [2.45, 2.75) is 56.9 Å². The van der Waals surface area contributed by atoms with E-state index in [1.165, 1.54) is 22.3 Å². The number of imidazole rings is 1. The number of carbonyl (C=O) groups is 3. The molecule has 0 saturated carbocycles. The first-order valence-corrected chi connectivity index (χ1v) is 20.0. The molecule has 4 aromatic carbocycles. The van der Waals surface area contributed by atoms with Crippen LogP contribution < -0.4 is 14.5 Å². The molecule has 7 rings (SSSR count). The van der Waals surface area contributed by atoms with Gasteiger partial charge in [-0.15, -0.1) is 0 Å². The molecule has 5 aromatic rings. The number of amides is 3. The first kappa shape index (κ1) is 38.6. The lowest BCUT2D eigenvalue weighted by atomic mass is 9.99. The van der Waals surface area contributed by atoms with Crippen LogP contribution in [0.4, 0.5) is 11.4 Å². The van der Waals surface area contributed by atoms with Crippen molar-refractivity contribution >= 4 is 62.3 Å². The molecule has 286 valence electrons. The van der Waals surface area contributed by atoms with Gasteiger partial charge >= 0.3 is 0 Å². The summed E-state index contributed by atoms with van der Waals surface area (Å²) >= 11 is 12.2. The average Bonchev–Trinajstić information content (AvgIpc) is 3.78. The van der Waals surface area contributed by atoms with Gasteiger partial charge in [-0.25, -0.2) is 4.98 Å². The van der Waals surface area contributed by atoms with Crippen LogP contribution in [0.2, 0.25) is 10.0 Å². The summed E-state index contributed by atoms with van der Waals surface area (Å²) in [7, 11) is -2.55. The summed E-state index contributed by atoms with van der Waals surface area (Å²) in [5.74, 6) is -0.539. The lowest BCUT2D eigenvalue weighted by Crippen LogP contribution is -2.47. The van der Waals surface area contributed by atoms with E-state index >= 15 is 0 Å². The van der Waals surface area contributed by atoms with Crippen molar-refractivity contribution in [2.24, 2.45) is 7.05 Å². The maximum Gasteiger partial charge on any atom is 0.283 e. The van der Waals surface area contributed by atoms with Crippen molar-refractivity contribution in [1.29, 1.82) is 5.26 Å². The number of anilines is 2. The van der Waals surface area contributed by atoms with Gasteiger partial charge in [0, 0.05) is 67.5 Å². The highest BCUT2D eigenvalue weighted by molar-refractivity contribution is 7.92. The molecule has 1 unspecified atom stereocenters. The largest absolute Gasteiger partial charge is 0.350 e. The van der Waals surface area contributed by atoms with E-state index in [4.69, 9.17) is 23.2 Å². The Morgan fingerprint density at radius 3 is 2.30 bits per heavy atom. The minimum absolute atomic E-state index is 0.0106. The molecular weight excluding hydrogens is 773 g/mol. The minimum Gasteiger partial charge on any atom is -0.350 e. The third-order valence-electron chi connectivity index (χ3n) is 10.1. The normalized spacial score (nSPS) is 14.8. The van der Waals surface area contributed by atoms with Crippen LogP contribution in [0.25, 0.3) is 11.4 Å². The zero-order valence-electron chi connectivity index (χ0n) is 30.6. The lowest BCUT2D eigenvalue weighted by molar-refractivity contribution is -0.129. The van der Waals surface area contributed by atoms with Gasteiger partial charge in [-0.1, -0.05) is 53.5 Å². The molecule has 0 aliphatic carbocycles. The Hall–Kier alpha value is -5.68. The number of hydrogen-bond donors (Lipinski definition) is 1. The molecule has 0 spiro atoms. The number of nitriles is 1. The molecule has 1 N–H and O–H groups in total. The van der Waals surface area contributed by atoms with Crippen molar-refractivity contribution in [3.8, 4) is 17.5 Å².